The summed E-state index contributed by atoms with van der Waals surface area (Å²) in [5.41, 5.74) is 8.76. The maximum atomic E-state index is 14.4. The van der Waals surface area contributed by atoms with Crippen LogP contribution in [-0.2, 0) is 0 Å². The molecule has 40 heavy (non-hydrogen) atoms. The van der Waals surface area contributed by atoms with Crippen LogP contribution < -0.4 is 15.8 Å². The van der Waals surface area contributed by atoms with Crippen LogP contribution >= 0.6 is 0 Å². The Morgan fingerprint density at radius 1 is 0.950 bits per heavy atom. The Labute approximate surface area is 239 Å². The maximum Gasteiger partial charge on any atom is 0.251 e. The van der Waals surface area contributed by atoms with Crippen LogP contribution in [0.5, 0.6) is 5.75 Å². The van der Waals surface area contributed by atoms with E-state index in [1.54, 1.807) is 36.4 Å². The van der Waals surface area contributed by atoms with Gasteiger partial charge in [0.15, 0.2) is 0 Å². The monoisotopic (exact) mass is 547 g/mol. The summed E-state index contributed by atoms with van der Waals surface area (Å²) < 4.78 is 20.6. The van der Waals surface area contributed by atoms with E-state index in [4.69, 9.17) is 15.9 Å². The van der Waals surface area contributed by atoms with Gasteiger partial charge in [0.05, 0.1) is 17.9 Å². The average Bonchev–Trinajstić information content (AvgIpc) is 2.97. The molecule has 0 heterocycles. The largest absolute Gasteiger partial charge is 0.490 e. The van der Waals surface area contributed by atoms with E-state index >= 15 is 0 Å². The lowest BCUT2D eigenvalue weighted by molar-refractivity contribution is 0.0924. The molecule has 1 amide bonds. The number of nitrogens with one attached hydrogen (secondary N) is 2. The Hall–Kier alpha value is -3.67. The molecule has 0 saturated heterocycles. The fourth-order valence-corrected chi connectivity index (χ4v) is 4.43. The van der Waals surface area contributed by atoms with Crippen LogP contribution in [-0.4, -0.2) is 17.7 Å². The van der Waals surface area contributed by atoms with Gasteiger partial charge in [0.1, 0.15) is 11.6 Å². The van der Waals surface area contributed by atoms with Gasteiger partial charge in [0.25, 0.3) is 5.91 Å². The van der Waals surface area contributed by atoms with Gasteiger partial charge >= 0.3 is 0 Å². The highest BCUT2D eigenvalue weighted by Gasteiger charge is 2.23. The molecule has 0 aliphatic rings. The van der Waals surface area contributed by atoms with Crippen LogP contribution in [0, 0.1) is 23.1 Å². The summed E-state index contributed by atoms with van der Waals surface area (Å²) in [6.45, 7) is 14.4. The second-order valence-corrected chi connectivity index (χ2v) is 10.3. The zero-order valence-electron chi connectivity index (χ0n) is 25.1. The summed E-state index contributed by atoms with van der Waals surface area (Å²) in [5.74, 6) is 0.634. The Balaban J connectivity index is 0.00000274. The fourth-order valence-electron chi connectivity index (χ4n) is 4.43. The van der Waals surface area contributed by atoms with Gasteiger partial charge in [-0.2, -0.15) is 0 Å². The molecule has 0 aromatic heterocycles. The molecule has 6 heteroatoms. The molecule has 4 N–H and O–H groups in total. The van der Waals surface area contributed by atoms with Crippen molar-refractivity contribution in [1.29, 1.82) is 5.41 Å². The molecular formula is C34H46FN3O2. The standard InChI is InChI=1S/C32H40FN3O2.C2H6/c1-6-21(5)18-24(7-2)38-25-15-12-22(13-16-25)30(35)27-19-23(14-17-29(27)34)32(37)36-31(20(3)4)26-10-8-9-11-28(26)33;1-2/h8-17,19-21,24,31,35H,6-7,18,34H2,1-5H3,(H,36,37);1-2H3. The van der Waals surface area contributed by atoms with Crippen molar-refractivity contribution in [2.75, 3.05) is 5.73 Å². The first-order chi connectivity index (χ1) is 19.1. The molecule has 0 radical (unpaired) electrons. The molecule has 0 bridgehead atoms. The summed E-state index contributed by atoms with van der Waals surface area (Å²) in [6, 6.07) is 18.3. The SMILES string of the molecule is CC.CCC(C)CC(CC)Oc1ccc(C(=N)c2cc(C(=O)NC(c3ccccc3F)C(C)C)ccc2N)cc1. The number of nitrogen functional groups attached to an aromatic ring is 1. The van der Waals surface area contributed by atoms with Crippen molar-refractivity contribution in [2.45, 2.75) is 79.9 Å². The van der Waals surface area contributed by atoms with Gasteiger partial charge in [0, 0.05) is 27.9 Å². The van der Waals surface area contributed by atoms with Gasteiger partial charge in [-0.25, -0.2) is 4.39 Å². The van der Waals surface area contributed by atoms with Crippen molar-refractivity contribution in [3.8, 4) is 5.75 Å². The summed E-state index contributed by atoms with van der Waals surface area (Å²) in [4.78, 5) is 13.2. The number of halogens is 1. The number of hydrogen-bond acceptors (Lipinski definition) is 4. The third kappa shape index (κ3) is 8.67. The number of hydrogen-bond donors (Lipinski definition) is 3. The lowest BCUT2D eigenvalue weighted by Crippen LogP contribution is -2.32. The minimum absolute atomic E-state index is 0.0272. The molecule has 216 valence electrons. The summed E-state index contributed by atoms with van der Waals surface area (Å²) in [6.07, 6.45) is 3.21. The average molecular weight is 548 g/mol. The summed E-state index contributed by atoms with van der Waals surface area (Å²) >= 11 is 0. The van der Waals surface area contributed by atoms with E-state index in [0.717, 1.165) is 25.0 Å². The third-order valence-electron chi connectivity index (χ3n) is 7.04. The van der Waals surface area contributed by atoms with E-state index in [2.05, 4.69) is 26.1 Å². The number of ether oxygens (including phenoxy) is 1. The number of carbonyl (C=O) groups excluding carboxylic acids is 1. The normalized spacial score (nSPS) is 13.0. The molecule has 0 aliphatic heterocycles. The minimum atomic E-state index is -0.496. The second-order valence-electron chi connectivity index (χ2n) is 10.3. The highest BCUT2D eigenvalue weighted by molar-refractivity contribution is 6.14. The van der Waals surface area contributed by atoms with Gasteiger partial charge < -0.3 is 15.8 Å². The second kappa shape index (κ2) is 15.8. The van der Waals surface area contributed by atoms with Crippen molar-refractivity contribution in [3.63, 3.8) is 0 Å². The van der Waals surface area contributed by atoms with E-state index in [-0.39, 0.29) is 29.5 Å². The number of benzene rings is 3. The van der Waals surface area contributed by atoms with Crippen molar-refractivity contribution in [3.05, 3.63) is 94.8 Å². The minimum Gasteiger partial charge on any atom is -0.490 e. The zero-order valence-corrected chi connectivity index (χ0v) is 25.1. The van der Waals surface area contributed by atoms with Crippen LogP contribution in [0.25, 0.3) is 0 Å². The van der Waals surface area contributed by atoms with Crippen LogP contribution in [0.3, 0.4) is 0 Å². The summed E-state index contributed by atoms with van der Waals surface area (Å²) in [5, 5.41) is 11.7. The first-order valence-electron chi connectivity index (χ1n) is 14.4. The highest BCUT2D eigenvalue weighted by Crippen LogP contribution is 2.26. The molecule has 0 saturated carbocycles. The first kappa shape index (κ1) is 32.5. The summed E-state index contributed by atoms with van der Waals surface area (Å²) in [7, 11) is 0. The van der Waals surface area contributed by atoms with Gasteiger partial charge in [-0.3, -0.25) is 10.2 Å². The van der Waals surface area contributed by atoms with Gasteiger partial charge in [-0.15, -0.1) is 0 Å². The van der Waals surface area contributed by atoms with Crippen LogP contribution in [0.1, 0.15) is 101 Å². The molecule has 3 atom stereocenters. The third-order valence-corrected chi connectivity index (χ3v) is 7.04. The number of rotatable bonds is 12. The zero-order chi connectivity index (χ0) is 29.8. The van der Waals surface area contributed by atoms with Crippen molar-refractivity contribution < 1.29 is 13.9 Å². The smallest absolute Gasteiger partial charge is 0.251 e. The molecule has 3 rings (SSSR count). The predicted molar refractivity (Wildman–Crippen MR) is 165 cm³/mol. The Morgan fingerprint density at radius 2 is 1.57 bits per heavy atom. The number of amides is 1. The lowest BCUT2D eigenvalue weighted by Gasteiger charge is -2.23. The number of carbonyl (C=O) groups is 1. The highest BCUT2D eigenvalue weighted by atomic mass is 19.1. The molecule has 0 spiro atoms. The topological polar surface area (TPSA) is 88.2 Å². The van der Waals surface area contributed by atoms with Crippen molar-refractivity contribution in [1.82, 2.24) is 5.32 Å². The van der Waals surface area contributed by atoms with Crippen LogP contribution in [0.4, 0.5) is 10.1 Å². The maximum absolute atomic E-state index is 14.4. The molecule has 3 unspecified atom stereocenters. The van der Waals surface area contributed by atoms with Gasteiger partial charge in [0.2, 0.25) is 0 Å². The molecule has 3 aromatic rings. The molecule has 3 aromatic carbocycles. The van der Waals surface area contributed by atoms with Gasteiger partial charge in [-0.1, -0.05) is 73.1 Å². The lowest BCUT2D eigenvalue weighted by atomic mass is 9.94. The first-order valence-corrected chi connectivity index (χ1v) is 14.4. The quantitative estimate of drug-likeness (QED) is 0.157. The Bertz CT molecular complexity index is 1240. The van der Waals surface area contributed by atoms with E-state index in [9.17, 15) is 9.18 Å². The fraction of sp³-hybridized carbons (Fsp3) is 0.412. The Morgan fingerprint density at radius 3 is 2.15 bits per heavy atom. The molecular weight excluding hydrogens is 501 g/mol. The van der Waals surface area contributed by atoms with E-state index in [1.165, 1.54) is 6.07 Å². The van der Waals surface area contributed by atoms with E-state index in [1.807, 2.05) is 52.0 Å². The Kier molecular flexibility index (Phi) is 12.9. The molecule has 0 aliphatic carbocycles. The number of anilines is 1. The van der Waals surface area contributed by atoms with Crippen LogP contribution in [0.2, 0.25) is 0 Å². The van der Waals surface area contributed by atoms with Crippen molar-refractivity contribution >= 4 is 17.3 Å². The van der Waals surface area contributed by atoms with Gasteiger partial charge in [-0.05, 0) is 73.2 Å². The predicted octanol–water partition coefficient (Wildman–Crippen LogP) is 8.57. The van der Waals surface area contributed by atoms with E-state index in [0.29, 0.717) is 33.9 Å². The number of nitrogens with two attached hydrogens (primary N) is 1. The van der Waals surface area contributed by atoms with E-state index < -0.39 is 6.04 Å². The van der Waals surface area contributed by atoms with Crippen LogP contribution in [0.15, 0.2) is 66.7 Å². The van der Waals surface area contributed by atoms with Crippen molar-refractivity contribution in [2.24, 2.45) is 11.8 Å². The molecule has 0 fully saturated rings. The molecule has 5 nitrogen and oxygen atoms in total.